The van der Waals surface area contributed by atoms with Gasteiger partial charge in [-0.05, 0) is 49.8 Å². The van der Waals surface area contributed by atoms with Crippen molar-refractivity contribution in [1.29, 1.82) is 0 Å². The highest BCUT2D eigenvalue weighted by molar-refractivity contribution is 5.85. The third-order valence-electron chi connectivity index (χ3n) is 5.38. The topological polar surface area (TPSA) is 75.4 Å². The molecular weight excluding hydrogens is 357 g/mol. The van der Waals surface area contributed by atoms with E-state index in [1.54, 1.807) is 12.1 Å². The van der Waals surface area contributed by atoms with E-state index in [4.69, 9.17) is 5.73 Å². The highest BCUT2D eigenvalue weighted by Crippen LogP contribution is 2.28. The van der Waals surface area contributed by atoms with Gasteiger partial charge in [0.25, 0.3) is 0 Å². The molecule has 0 radical (unpaired) electrons. The maximum Gasteiger partial charge on any atom is 0.225 e. The molecule has 1 aromatic carbocycles. The number of benzene rings is 1. The summed E-state index contributed by atoms with van der Waals surface area (Å²) in [6.45, 7) is 1.68. The summed E-state index contributed by atoms with van der Waals surface area (Å²) in [6.07, 6.45) is 3.99. The number of hydrogen-bond donors (Lipinski definition) is 2. The Hall–Kier alpha value is -1.66. The van der Waals surface area contributed by atoms with Gasteiger partial charge in [0.2, 0.25) is 11.8 Å². The van der Waals surface area contributed by atoms with Gasteiger partial charge < -0.3 is 16.0 Å². The van der Waals surface area contributed by atoms with E-state index in [2.05, 4.69) is 5.32 Å². The highest BCUT2D eigenvalue weighted by atomic mass is 35.5. The lowest BCUT2D eigenvalue weighted by Crippen LogP contribution is -2.44. The molecule has 1 saturated heterocycles. The predicted molar refractivity (Wildman–Crippen MR) is 100 cm³/mol. The molecule has 5 nitrogen and oxygen atoms in total. The standard InChI is InChI=1S/C19H26FN3O2.ClH/c20-16-4-1-13(2-5-16)12-22-18(24)14-7-9-23(10-8-14)19(25)15-3-6-17(21)11-15;/h1-2,4-5,14-15,17H,3,6-12,21H2,(H,22,24);1H. The smallest absolute Gasteiger partial charge is 0.225 e. The van der Waals surface area contributed by atoms with Crippen LogP contribution in [0, 0.1) is 17.7 Å². The second-order valence-corrected chi connectivity index (χ2v) is 7.21. The predicted octanol–water partition coefficient (Wildman–Crippen LogP) is 2.23. The van der Waals surface area contributed by atoms with E-state index in [1.807, 2.05) is 4.90 Å². The number of amides is 2. The van der Waals surface area contributed by atoms with Gasteiger partial charge in [0.15, 0.2) is 0 Å². The molecule has 0 spiro atoms. The first-order valence-corrected chi connectivity index (χ1v) is 9.09. The molecular formula is C19H27ClFN3O2. The van der Waals surface area contributed by atoms with E-state index < -0.39 is 0 Å². The molecule has 0 aromatic heterocycles. The Kier molecular flexibility index (Phi) is 7.41. The molecule has 144 valence electrons. The van der Waals surface area contributed by atoms with Crippen LogP contribution in [0.1, 0.15) is 37.7 Å². The number of halogens is 2. The number of hydrogen-bond acceptors (Lipinski definition) is 3. The van der Waals surface area contributed by atoms with Gasteiger partial charge in [-0.3, -0.25) is 9.59 Å². The third kappa shape index (κ3) is 5.17. The van der Waals surface area contributed by atoms with Crippen molar-refractivity contribution in [3.63, 3.8) is 0 Å². The first-order chi connectivity index (χ1) is 12.0. The molecule has 1 aliphatic carbocycles. The van der Waals surface area contributed by atoms with Gasteiger partial charge in [0.05, 0.1) is 0 Å². The van der Waals surface area contributed by atoms with Crippen LogP contribution in [0.3, 0.4) is 0 Å². The van der Waals surface area contributed by atoms with Gasteiger partial charge in [0.1, 0.15) is 5.82 Å². The fourth-order valence-electron chi connectivity index (χ4n) is 3.80. The van der Waals surface area contributed by atoms with Gasteiger partial charge in [-0.2, -0.15) is 0 Å². The number of carbonyl (C=O) groups excluding carboxylic acids is 2. The molecule has 1 saturated carbocycles. The van der Waals surface area contributed by atoms with Crippen LogP contribution < -0.4 is 11.1 Å². The summed E-state index contributed by atoms with van der Waals surface area (Å²) >= 11 is 0. The van der Waals surface area contributed by atoms with Crippen LogP contribution in [0.25, 0.3) is 0 Å². The summed E-state index contributed by atoms with van der Waals surface area (Å²) in [6, 6.07) is 6.27. The van der Waals surface area contributed by atoms with Crippen LogP contribution in [0.15, 0.2) is 24.3 Å². The molecule has 2 atom stereocenters. The SMILES string of the molecule is Cl.NC1CCC(C(=O)N2CCC(C(=O)NCc3ccc(F)cc3)CC2)C1. The van der Waals surface area contributed by atoms with E-state index in [-0.39, 0.29) is 47.9 Å². The summed E-state index contributed by atoms with van der Waals surface area (Å²) in [7, 11) is 0. The monoisotopic (exact) mass is 383 g/mol. The first-order valence-electron chi connectivity index (χ1n) is 9.09. The quantitative estimate of drug-likeness (QED) is 0.837. The molecule has 3 N–H and O–H groups in total. The molecule has 2 amide bonds. The van der Waals surface area contributed by atoms with E-state index in [0.717, 1.165) is 24.8 Å². The van der Waals surface area contributed by atoms with Crippen LogP contribution in [0.2, 0.25) is 0 Å². The number of nitrogens with two attached hydrogens (primary N) is 1. The van der Waals surface area contributed by atoms with Crippen LogP contribution in [0.4, 0.5) is 4.39 Å². The number of nitrogens with zero attached hydrogens (tertiary/aromatic N) is 1. The minimum Gasteiger partial charge on any atom is -0.352 e. The number of nitrogens with one attached hydrogen (secondary N) is 1. The maximum atomic E-state index is 12.9. The molecule has 1 heterocycles. The summed E-state index contributed by atoms with van der Waals surface area (Å²) in [4.78, 5) is 26.7. The van der Waals surface area contributed by atoms with Crippen molar-refractivity contribution >= 4 is 24.2 Å². The first kappa shape index (κ1) is 20.6. The minimum absolute atomic E-state index is 0. The Morgan fingerprint density at radius 1 is 1.08 bits per heavy atom. The average Bonchev–Trinajstić information content (AvgIpc) is 3.07. The summed E-state index contributed by atoms with van der Waals surface area (Å²) in [5.41, 5.74) is 6.77. The van der Waals surface area contributed by atoms with Crippen molar-refractivity contribution < 1.29 is 14.0 Å². The number of carbonyl (C=O) groups is 2. The Bertz CT molecular complexity index is 618. The lowest BCUT2D eigenvalue weighted by Gasteiger charge is -2.33. The summed E-state index contributed by atoms with van der Waals surface area (Å²) < 4.78 is 12.9. The molecule has 7 heteroatoms. The van der Waals surface area contributed by atoms with Gasteiger partial charge in [-0.1, -0.05) is 12.1 Å². The summed E-state index contributed by atoms with van der Waals surface area (Å²) in [5, 5.41) is 2.91. The normalized spacial score (nSPS) is 23.4. The van der Waals surface area contributed by atoms with Gasteiger partial charge in [-0.25, -0.2) is 4.39 Å². The maximum absolute atomic E-state index is 12.9. The van der Waals surface area contributed by atoms with Crippen molar-refractivity contribution in [2.75, 3.05) is 13.1 Å². The molecule has 2 aliphatic rings. The molecule has 1 aromatic rings. The number of piperidine rings is 1. The fraction of sp³-hybridized carbons (Fsp3) is 0.579. The van der Waals surface area contributed by atoms with Gasteiger partial charge in [0, 0.05) is 37.5 Å². The average molecular weight is 384 g/mol. The molecule has 2 unspecified atom stereocenters. The zero-order valence-corrected chi connectivity index (χ0v) is 15.6. The summed E-state index contributed by atoms with van der Waals surface area (Å²) in [5.74, 6) is -0.0537. The molecule has 3 rings (SSSR count). The second kappa shape index (κ2) is 9.33. The Morgan fingerprint density at radius 3 is 2.31 bits per heavy atom. The van der Waals surface area contributed by atoms with Crippen LogP contribution in [-0.4, -0.2) is 35.8 Å². The van der Waals surface area contributed by atoms with Crippen LogP contribution in [-0.2, 0) is 16.1 Å². The van der Waals surface area contributed by atoms with E-state index in [9.17, 15) is 14.0 Å². The molecule has 2 fully saturated rings. The largest absolute Gasteiger partial charge is 0.352 e. The van der Waals surface area contributed by atoms with E-state index >= 15 is 0 Å². The zero-order chi connectivity index (χ0) is 17.8. The zero-order valence-electron chi connectivity index (χ0n) is 14.8. The van der Waals surface area contributed by atoms with Crippen molar-refractivity contribution in [2.45, 2.75) is 44.7 Å². The van der Waals surface area contributed by atoms with Crippen molar-refractivity contribution in [3.05, 3.63) is 35.6 Å². The third-order valence-corrected chi connectivity index (χ3v) is 5.38. The Balaban J connectivity index is 0.00000243. The lowest BCUT2D eigenvalue weighted by atomic mass is 9.94. The van der Waals surface area contributed by atoms with Crippen LogP contribution >= 0.6 is 12.4 Å². The van der Waals surface area contributed by atoms with Crippen molar-refractivity contribution in [2.24, 2.45) is 17.6 Å². The van der Waals surface area contributed by atoms with Crippen molar-refractivity contribution in [3.8, 4) is 0 Å². The lowest BCUT2D eigenvalue weighted by molar-refractivity contribution is -0.139. The number of rotatable bonds is 4. The fourth-order valence-corrected chi connectivity index (χ4v) is 3.80. The van der Waals surface area contributed by atoms with Crippen LogP contribution in [0.5, 0.6) is 0 Å². The van der Waals surface area contributed by atoms with E-state index in [1.165, 1.54) is 12.1 Å². The van der Waals surface area contributed by atoms with Gasteiger partial charge in [-0.15, -0.1) is 12.4 Å². The number of likely N-dealkylation sites (tertiary alicyclic amines) is 1. The second-order valence-electron chi connectivity index (χ2n) is 7.21. The van der Waals surface area contributed by atoms with Crippen molar-refractivity contribution in [1.82, 2.24) is 10.2 Å². The molecule has 26 heavy (non-hydrogen) atoms. The van der Waals surface area contributed by atoms with E-state index in [0.29, 0.717) is 32.5 Å². The highest BCUT2D eigenvalue weighted by Gasteiger charge is 2.34. The molecule has 0 bridgehead atoms. The Morgan fingerprint density at radius 2 is 1.73 bits per heavy atom. The van der Waals surface area contributed by atoms with Gasteiger partial charge >= 0.3 is 0 Å². The minimum atomic E-state index is -0.282. The molecule has 1 aliphatic heterocycles. The Labute approximate surface area is 159 Å².